The van der Waals surface area contributed by atoms with Crippen LogP contribution >= 0.6 is 23.4 Å². The Hall–Kier alpha value is -3.04. The molecule has 0 aliphatic heterocycles. The van der Waals surface area contributed by atoms with Crippen LogP contribution in [0.3, 0.4) is 0 Å². The summed E-state index contributed by atoms with van der Waals surface area (Å²) in [5, 5.41) is 14.9. The maximum atomic E-state index is 12.2. The van der Waals surface area contributed by atoms with Crippen molar-refractivity contribution in [2.45, 2.75) is 18.1 Å². The lowest BCUT2D eigenvalue weighted by Crippen LogP contribution is -2.26. The van der Waals surface area contributed by atoms with Gasteiger partial charge in [0.15, 0.2) is 11.0 Å². The minimum Gasteiger partial charge on any atom is -0.497 e. The molecule has 0 saturated heterocycles. The van der Waals surface area contributed by atoms with Crippen LogP contribution < -0.4 is 15.4 Å². The standard InChI is InChI=1S/C21H22ClN5O3S/c1-27-18(12-23-19(28)11-14-7-9-15(30-2)10-8-14)25-26-21(27)31-13-20(29)24-17-6-4-3-5-16(17)22/h3-10H,11-13H2,1-2H3,(H,23,28)(H,24,29). The maximum absolute atomic E-state index is 12.2. The van der Waals surface area contributed by atoms with Crippen molar-refractivity contribution < 1.29 is 14.3 Å². The Balaban J connectivity index is 1.47. The van der Waals surface area contributed by atoms with E-state index in [1.54, 1.807) is 43.0 Å². The molecule has 2 amide bonds. The Morgan fingerprint density at radius 3 is 2.55 bits per heavy atom. The third kappa shape index (κ3) is 6.47. The smallest absolute Gasteiger partial charge is 0.234 e. The molecule has 2 N–H and O–H groups in total. The maximum Gasteiger partial charge on any atom is 0.234 e. The van der Waals surface area contributed by atoms with E-state index in [0.717, 1.165) is 11.3 Å². The molecule has 10 heteroatoms. The van der Waals surface area contributed by atoms with E-state index in [4.69, 9.17) is 16.3 Å². The van der Waals surface area contributed by atoms with Crippen LogP contribution in [0.2, 0.25) is 5.02 Å². The van der Waals surface area contributed by atoms with E-state index in [-0.39, 0.29) is 30.5 Å². The van der Waals surface area contributed by atoms with Gasteiger partial charge in [0, 0.05) is 7.05 Å². The number of benzene rings is 2. The van der Waals surface area contributed by atoms with Crippen LogP contribution in [0, 0.1) is 0 Å². The third-order valence-electron chi connectivity index (χ3n) is 4.37. The number of halogens is 1. The number of thioether (sulfide) groups is 1. The number of amides is 2. The summed E-state index contributed by atoms with van der Waals surface area (Å²) in [6.07, 6.45) is 0.256. The van der Waals surface area contributed by atoms with Gasteiger partial charge in [-0.1, -0.05) is 47.6 Å². The number of rotatable bonds is 9. The Morgan fingerprint density at radius 2 is 1.84 bits per heavy atom. The van der Waals surface area contributed by atoms with Crippen molar-refractivity contribution in [3.05, 3.63) is 64.9 Å². The lowest BCUT2D eigenvalue weighted by atomic mass is 10.1. The Bertz CT molecular complexity index is 1060. The highest BCUT2D eigenvalue weighted by molar-refractivity contribution is 7.99. The number of anilines is 1. The molecule has 0 spiro atoms. The average molecular weight is 460 g/mol. The van der Waals surface area contributed by atoms with Gasteiger partial charge in [0.2, 0.25) is 11.8 Å². The highest BCUT2D eigenvalue weighted by Gasteiger charge is 2.13. The number of carbonyl (C=O) groups is 2. The summed E-state index contributed by atoms with van der Waals surface area (Å²) in [5.41, 5.74) is 1.45. The van der Waals surface area contributed by atoms with Crippen molar-refractivity contribution in [3.8, 4) is 5.75 Å². The van der Waals surface area contributed by atoms with E-state index in [9.17, 15) is 9.59 Å². The van der Waals surface area contributed by atoms with Gasteiger partial charge in [-0.15, -0.1) is 10.2 Å². The second-order valence-corrected chi connectivity index (χ2v) is 7.93. The van der Waals surface area contributed by atoms with Crippen LogP contribution in [-0.2, 0) is 29.6 Å². The van der Waals surface area contributed by atoms with Gasteiger partial charge >= 0.3 is 0 Å². The zero-order valence-corrected chi connectivity index (χ0v) is 18.7. The number of ether oxygens (including phenoxy) is 1. The van der Waals surface area contributed by atoms with Crippen molar-refractivity contribution in [2.75, 3.05) is 18.2 Å². The van der Waals surface area contributed by atoms with Crippen LogP contribution in [0.4, 0.5) is 5.69 Å². The lowest BCUT2D eigenvalue weighted by Gasteiger charge is -2.08. The summed E-state index contributed by atoms with van der Waals surface area (Å²) < 4.78 is 6.86. The predicted octanol–water partition coefficient (Wildman–Crippen LogP) is 3.07. The van der Waals surface area contributed by atoms with E-state index in [1.165, 1.54) is 11.8 Å². The summed E-state index contributed by atoms with van der Waals surface area (Å²) in [7, 11) is 3.39. The first-order valence-electron chi connectivity index (χ1n) is 9.41. The topological polar surface area (TPSA) is 98.1 Å². The highest BCUT2D eigenvalue weighted by atomic mass is 35.5. The molecule has 0 aliphatic carbocycles. The largest absolute Gasteiger partial charge is 0.497 e. The minimum atomic E-state index is -0.199. The molecular weight excluding hydrogens is 438 g/mol. The molecule has 1 aromatic heterocycles. The van der Waals surface area contributed by atoms with Crippen LogP contribution in [0.15, 0.2) is 53.7 Å². The number of aromatic nitrogens is 3. The summed E-state index contributed by atoms with van der Waals surface area (Å²) in [5.74, 6) is 1.17. The van der Waals surface area contributed by atoms with E-state index >= 15 is 0 Å². The van der Waals surface area contributed by atoms with E-state index in [0.29, 0.717) is 21.7 Å². The monoisotopic (exact) mass is 459 g/mol. The van der Waals surface area contributed by atoms with Gasteiger partial charge < -0.3 is 19.9 Å². The number of methoxy groups -OCH3 is 1. The molecule has 2 aromatic carbocycles. The van der Waals surface area contributed by atoms with E-state index in [2.05, 4.69) is 20.8 Å². The molecule has 0 saturated carbocycles. The molecule has 0 bridgehead atoms. The van der Waals surface area contributed by atoms with Crippen LogP contribution in [0.5, 0.6) is 5.75 Å². The SMILES string of the molecule is COc1ccc(CC(=O)NCc2nnc(SCC(=O)Nc3ccccc3Cl)n2C)cc1. The summed E-state index contributed by atoms with van der Waals surface area (Å²) in [4.78, 5) is 24.4. The van der Waals surface area contributed by atoms with Crippen molar-refractivity contribution in [3.63, 3.8) is 0 Å². The molecule has 0 atom stereocenters. The van der Waals surface area contributed by atoms with Crippen molar-refractivity contribution >= 4 is 40.9 Å². The van der Waals surface area contributed by atoms with Gasteiger partial charge in [0.1, 0.15) is 5.75 Å². The Labute approximate surface area is 189 Å². The number of carbonyl (C=O) groups excluding carboxylic acids is 2. The summed E-state index contributed by atoms with van der Waals surface area (Å²) in [6, 6.07) is 14.4. The molecule has 0 aliphatic rings. The van der Waals surface area contributed by atoms with Gasteiger partial charge in [-0.25, -0.2) is 0 Å². The van der Waals surface area contributed by atoms with Gasteiger partial charge in [-0.2, -0.15) is 0 Å². The van der Waals surface area contributed by atoms with Crippen LogP contribution in [-0.4, -0.2) is 39.4 Å². The molecule has 3 aromatic rings. The Kier molecular flexibility index (Phi) is 7.91. The number of hydrogen-bond acceptors (Lipinski definition) is 6. The third-order valence-corrected chi connectivity index (χ3v) is 5.72. The quantitative estimate of drug-likeness (QED) is 0.477. The minimum absolute atomic E-state index is 0.124. The van der Waals surface area contributed by atoms with E-state index in [1.807, 2.05) is 24.3 Å². The first-order chi connectivity index (χ1) is 15.0. The lowest BCUT2D eigenvalue weighted by molar-refractivity contribution is -0.120. The number of nitrogens with one attached hydrogen (secondary N) is 2. The first-order valence-corrected chi connectivity index (χ1v) is 10.8. The highest BCUT2D eigenvalue weighted by Crippen LogP contribution is 2.21. The normalized spacial score (nSPS) is 10.5. The van der Waals surface area contributed by atoms with E-state index < -0.39 is 0 Å². The second kappa shape index (κ2) is 10.8. The fourth-order valence-electron chi connectivity index (χ4n) is 2.67. The molecule has 8 nitrogen and oxygen atoms in total. The van der Waals surface area contributed by atoms with Crippen molar-refractivity contribution in [1.82, 2.24) is 20.1 Å². The molecule has 1 heterocycles. The molecule has 0 radical (unpaired) electrons. The zero-order valence-electron chi connectivity index (χ0n) is 17.1. The molecule has 0 fully saturated rings. The summed E-state index contributed by atoms with van der Waals surface area (Å²) >= 11 is 7.30. The molecular formula is C21H22ClN5O3S. The molecule has 31 heavy (non-hydrogen) atoms. The number of nitrogens with zero attached hydrogens (tertiary/aromatic N) is 3. The fourth-order valence-corrected chi connectivity index (χ4v) is 3.59. The van der Waals surface area contributed by atoms with Gasteiger partial charge in [0.05, 0.1) is 36.5 Å². The van der Waals surface area contributed by atoms with Crippen LogP contribution in [0.1, 0.15) is 11.4 Å². The van der Waals surface area contributed by atoms with Crippen LogP contribution in [0.25, 0.3) is 0 Å². The zero-order chi connectivity index (χ0) is 22.2. The molecule has 3 rings (SSSR count). The summed E-state index contributed by atoms with van der Waals surface area (Å²) in [6.45, 7) is 0.241. The van der Waals surface area contributed by atoms with Gasteiger partial charge in [-0.3, -0.25) is 9.59 Å². The molecule has 162 valence electrons. The second-order valence-electron chi connectivity index (χ2n) is 6.58. The average Bonchev–Trinajstić information content (AvgIpc) is 3.12. The number of hydrogen-bond donors (Lipinski definition) is 2. The van der Waals surface area contributed by atoms with Gasteiger partial charge in [-0.05, 0) is 29.8 Å². The van der Waals surface area contributed by atoms with Crippen molar-refractivity contribution in [2.24, 2.45) is 7.05 Å². The fraction of sp³-hybridized carbons (Fsp3) is 0.238. The van der Waals surface area contributed by atoms with Crippen molar-refractivity contribution in [1.29, 1.82) is 0 Å². The Morgan fingerprint density at radius 1 is 1.10 bits per heavy atom. The van der Waals surface area contributed by atoms with Gasteiger partial charge in [0.25, 0.3) is 0 Å². The number of para-hydroxylation sites is 1. The predicted molar refractivity (Wildman–Crippen MR) is 120 cm³/mol. The molecule has 0 unspecified atom stereocenters. The first kappa shape index (κ1) is 22.6.